The van der Waals surface area contributed by atoms with Gasteiger partial charge in [0.05, 0.1) is 11.3 Å². The van der Waals surface area contributed by atoms with Gasteiger partial charge in [-0.25, -0.2) is 0 Å². The minimum absolute atomic E-state index is 0.0421. The first-order chi connectivity index (χ1) is 15.1. The molecular formula is C20H13F9N2O2. The zero-order valence-electron chi connectivity index (χ0n) is 16.2. The third kappa shape index (κ3) is 5.22. The summed E-state index contributed by atoms with van der Waals surface area (Å²) in [6.07, 6.45) is -15.6. The van der Waals surface area contributed by atoms with Crippen molar-refractivity contribution < 1.29 is 49.1 Å². The van der Waals surface area contributed by atoms with E-state index in [4.69, 9.17) is 0 Å². The van der Waals surface area contributed by atoms with Crippen LogP contribution < -0.4 is 5.32 Å². The molecule has 0 radical (unpaired) electrons. The molecule has 1 amide bonds. The summed E-state index contributed by atoms with van der Waals surface area (Å²) in [5, 5.41) is 5.04. The predicted octanol–water partition coefficient (Wildman–Crippen LogP) is 5.58. The molecule has 2 aromatic rings. The van der Waals surface area contributed by atoms with Crippen LogP contribution >= 0.6 is 0 Å². The highest BCUT2D eigenvalue weighted by molar-refractivity contribution is 6.03. The van der Waals surface area contributed by atoms with Gasteiger partial charge in [0, 0.05) is 17.5 Å². The van der Waals surface area contributed by atoms with Crippen molar-refractivity contribution in [3.63, 3.8) is 0 Å². The van der Waals surface area contributed by atoms with E-state index in [1.807, 2.05) is 0 Å². The lowest BCUT2D eigenvalue weighted by Gasteiger charge is -2.30. The van der Waals surface area contributed by atoms with Crippen molar-refractivity contribution in [3.8, 4) is 0 Å². The van der Waals surface area contributed by atoms with Crippen LogP contribution in [0.25, 0.3) is 0 Å². The van der Waals surface area contributed by atoms with Crippen molar-refractivity contribution >= 4 is 11.6 Å². The van der Waals surface area contributed by atoms with Crippen molar-refractivity contribution in [1.82, 2.24) is 5.32 Å². The van der Waals surface area contributed by atoms with E-state index in [2.05, 4.69) is 9.99 Å². The predicted molar refractivity (Wildman–Crippen MR) is 96.2 cm³/mol. The zero-order chi connectivity index (χ0) is 24.7. The highest BCUT2D eigenvalue weighted by Gasteiger charge is 2.62. The van der Waals surface area contributed by atoms with E-state index < -0.39 is 54.1 Å². The zero-order valence-corrected chi connectivity index (χ0v) is 16.2. The highest BCUT2D eigenvalue weighted by Crippen LogP contribution is 2.49. The molecule has 1 aliphatic rings. The summed E-state index contributed by atoms with van der Waals surface area (Å²) in [5.74, 6) is -1.06. The molecule has 0 aromatic heterocycles. The van der Waals surface area contributed by atoms with Gasteiger partial charge < -0.3 is 10.2 Å². The van der Waals surface area contributed by atoms with Crippen LogP contribution in [0.5, 0.6) is 0 Å². The smallest absolute Gasteiger partial charge is 0.374 e. The summed E-state index contributed by atoms with van der Waals surface area (Å²) >= 11 is 0. The van der Waals surface area contributed by atoms with E-state index >= 15 is 0 Å². The molecule has 3 rings (SSSR count). The van der Waals surface area contributed by atoms with Crippen LogP contribution in [0.15, 0.2) is 53.7 Å². The Kier molecular flexibility index (Phi) is 6.11. The highest BCUT2D eigenvalue weighted by atomic mass is 19.4. The maximum Gasteiger partial charge on any atom is 0.435 e. The maximum atomic E-state index is 13.9. The maximum absolute atomic E-state index is 13.9. The number of hydrogen-bond donors (Lipinski definition) is 1. The number of oxime groups is 1. The molecule has 1 heterocycles. The summed E-state index contributed by atoms with van der Waals surface area (Å²) in [4.78, 5) is 16.4. The Morgan fingerprint density at radius 1 is 0.970 bits per heavy atom. The first kappa shape index (κ1) is 24.4. The van der Waals surface area contributed by atoms with Gasteiger partial charge in [-0.2, -0.15) is 39.5 Å². The first-order valence-electron chi connectivity index (χ1n) is 9.07. The number of nitrogens with zero attached hydrogens (tertiary/aromatic N) is 1. The van der Waals surface area contributed by atoms with Crippen LogP contribution in [0.3, 0.4) is 0 Å². The molecule has 0 bridgehead atoms. The molecule has 1 atom stereocenters. The summed E-state index contributed by atoms with van der Waals surface area (Å²) in [6, 6.07) is 7.04. The van der Waals surface area contributed by atoms with Crippen molar-refractivity contribution in [2.24, 2.45) is 5.16 Å². The number of amides is 1. The Morgan fingerprint density at radius 3 is 2.15 bits per heavy atom. The lowest BCUT2D eigenvalue weighted by atomic mass is 9.85. The summed E-state index contributed by atoms with van der Waals surface area (Å²) in [6.45, 7) is -1.57. The SMILES string of the molecule is O=C(NCC(F)(F)F)c1ccc(C2=NOC(c3cccc(C(F)(F)F)c3)(C(F)(F)F)C2)cc1. The van der Waals surface area contributed by atoms with Gasteiger partial charge >= 0.3 is 18.5 Å². The standard InChI is InChI=1S/C20H13F9N2O2/c21-18(22,23)10-30-16(32)12-6-4-11(5-7-12)15-9-17(33-31-15,20(27,28)29)13-2-1-3-14(8-13)19(24,25)26/h1-8H,9-10H2,(H,30,32). The molecule has 13 heteroatoms. The molecule has 1 unspecified atom stereocenters. The molecule has 178 valence electrons. The Balaban J connectivity index is 1.85. The van der Waals surface area contributed by atoms with E-state index in [0.29, 0.717) is 12.1 Å². The summed E-state index contributed by atoms with van der Waals surface area (Å²) in [5.41, 5.74) is -5.69. The van der Waals surface area contributed by atoms with Crippen LogP contribution in [0.4, 0.5) is 39.5 Å². The fraction of sp³-hybridized carbons (Fsp3) is 0.300. The molecule has 33 heavy (non-hydrogen) atoms. The topological polar surface area (TPSA) is 50.7 Å². The average Bonchev–Trinajstić information content (AvgIpc) is 3.18. The Bertz CT molecular complexity index is 1060. The fourth-order valence-electron chi connectivity index (χ4n) is 3.10. The molecular weight excluding hydrogens is 471 g/mol. The minimum atomic E-state index is -5.14. The quantitative estimate of drug-likeness (QED) is 0.577. The van der Waals surface area contributed by atoms with E-state index in [1.54, 1.807) is 5.32 Å². The summed E-state index contributed by atoms with van der Waals surface area (Å²) < 4.78 is 117. The Hall–Kier alpha value is -3.25. The molecule has 0 fully saturated rings. The molecule has 0 saturated heterocycles. The third-order valence-corrected chi connectivity index (χ3v) is 4.77. The molecule has 4 nitrogen and oxygen atoms in total. The molecule has 0 spiro atoms. The Morgan fingerprint density at radius 2 is 1.61 bits per heavy atom. The third-order valence-electron chi connectivity index (χ3n) is 4.77. The van der Waals surface area contributed by atoms with Gasteiger partial charge in [0.1, 0.15) is 6.54 Å². The number of carbonyl (C=O) groups excluding carboxylic acids is 1. The van der Waals surface area contributed by atoms with E-state index in [0.717, 1.165) is 36.4 Å². The van der Waals surface area contributed by atoms with Gasteiger partial charge in [0.2, 0.25) is 0 Å². The number of carbonyl (C=O) groups is 1. The van der Waals surface area contributed by atoms with Gasteiger partial charge in [-0.3, -0.25) is 4.79 Å². The average molecular weight is 484 g/mol. The molecule has 1 N–H and O–H groups in total. The van der Waals surface area contributed by atoms with Crippen molar-refractivity contribution in [2.75, 3.05) is 6.54 Å². The minimum Gasteiger partial charge on any atom is -0.374 e. The lowest BCUT2D eigenvalue weighted by molar-refractivity contribution is -0.276. The van der Waals surface area contributed by atoms with Gasteiger partial charge in [-0.05, 0) is 29.8 Å². The van der Waals surface area contributed by atoms with Gasteiger partial charge in [0.15, 0.2) is 0 Å². The van der Waals surface area contributed by atoms with Crippen molar-refractivity contribution in [2.45, 2.75) is 30.6 Å². The van der Waals surface area contributed by atoms with Crippen molar-refractivity contribution in [1.29, 1.82) is 0 Å². The van der Waals surface area contributed by atoms with Crippen molar-refractivity contribution in [3.05, 3.63) is 70.8 Å². The van der Waals surface area contributed by atoms with E-state index in [1.165, 1.54) is 0 Å². The molecule has 0 saturated carbocycles. The van der Waals surface area contributed by atoms with Crippen LogP contribution in [-0.4, -0.2) is 30.5 Å². The fourth-order valence-corrected chi connectivity index (χ4v) is 3.10. The molecule has 2 aromatic carbocycles. The van der Waals surface area contributed by atoms with Crippen LogP contribution in [0.2, 0.25) is 0 Å². The van der Waals surface area contributed by atoms with E-state index in [-0.39, 0.29) is 16.8 Å². The normalized spacial score (nSPS) is 19.1. The van der Waals surface area contributed by atoms with Crippen LogP contribution in [0, 0.1) is 0 Å². The molecule has 0 aliphatic carbocycles. The number of halogens is 9. The number of alkyl halides is 9. The largest absolute Gasteiger partial charge is 0.435 e. The van der Waals surface area contributed by atoms with Gasteiger partial charge in [0.25, 0.3) is 11.5 Å². The van der Waals surface area contributed by atoms with Gasteiger partial charge in [-0.15, -0.1) is 0 Å². The van der Waals surface area contributed by atoms with Gasteiger partial charge in [-0.1, -0.05) is 29.4 Å². The number of benzene rings is 2. The van der Waals surface area contributed by atoms with Crippen LogP contribution in [0.1, 0.15) is 33.5 Å². The Labute approximate surface area is 180 Å². The van der Waals surface area contributed by atoms with E-state index in [9.17, 15) is 44.3 Å². The second-order valence-electron chi connectivity index (χ2n) is 7.08. The summed E-state index contributed by atoms with van der Waals surface area (Å²) in [7, 11) is 0. The first-order valence-corrected chi connectivity index (χ1v) is 9.07. The second kappa shape index (κ2) is 8.27. The number of nitrogens with one attached hydrogen (secondary N) is 1. The second-order valence-corrected chi connectivity index (χ2v) is 7.08. The molecule has 1 aliphatic heterocycles. The monoisotopic (exact) mass is 484 g/mol. The lowest BCUT2D eigenvalue weighted by Crippen LogP contribution is -2.42. The number of rotatable bonds is 4. The van der Waals surface area contributed by atoms with Crippen LogP contribution in [-0.2, 0) is 16.6 Å². The number of hydrogen-bond acceptors (Lipinski definition) is 3.